The lowest BCUT2D eigenvalue weighted by molar-refractivity contribution is 0.247. The van der Waals surface area contributed by atoms with Crippen LogP contribution in [0.5, 0.6) is 5.75 Å². The third-order valence-electron chi connectivity index (χ3n) is 5.05. The first-order valence-electron chi connectivity index (χ1n) is 9.72. The predicted octanol–water partition coefficient (Wildman–Crippen LogP) is 4.49. The molecular weight excluding hydrogens is 338 g/mol. The zero-order valence-electron chi connectivity index (χ0n) is 16.3. The van der Waals surface area contributed by atoms with Gasteiger partial charge in [-0.1, -0.05) is 12.1 Å². The van der Waals surface area contributed by atoms with Crippen molar-refractivity contribution in [2.45, 2.75) is 33.1 Å². The molecular formula is C22H29N3O2. The summed E-state index contributed by atoms with van der Waals surface area (Å²) in [4.78, 5) is 14.4. The number of aryl methyl sites for hydroxylation is 1. The van der Waals surface area contributed by atoms with E-state index in [1.54, 1.807) is 0 Å². The van der Waals surface area contributed by atoms with E-state index in [1.165, 1.54) is 30.5 Å². The SMILES string of the molecule is Cc1cccc(OCCNC(=O)Nc2ccc(N3CCCCC3)cc2)c1C. The Bertz CT molecular complexity index is 753. The molecule has 2 aromatic rings. The highest BCUT2D eigenvalue weighted by Crippen LogP contribution is 2.22. The standard InChI is InChI=1S/C22H29N3O2/c1-17-7-6-8-21(18(17)2)27-16-13-23-22(26)24-19-9-11-20(12-10-19)25-14-4-3-5-15-25/h6-12H,3-5,13-16H2,1-2H3,(H2,23,24,26). The molecule has 5 heteroatoms. The molecule has 0 aliphatic carbocycles. The summed E-state index contributed by atoms with van der Waals surface area (Å²) in [5, 5.41) is 5.70. The molecule has 2 N–H and O–H groups in total. The van der Waals surface area contributed by atoms with Crippen LogP contribution in [0.4, 0.5) is 16.2 Å². The molecule has 1 aliphatic rings. The van der Waals surface area contributed by atoms with Crippen molar-refractivity contribution in [3.63, 3.8) is 0 Å². The maximum Gasteiger partial charge on any atom is 0.319 e. The number of ether oxygens (including phenoxy) is 1. The Morgan fingerprint density at radius 1 is 1.04 bits per heavy atom. The minimum absolute atomic E-state index is 0.217. The monoisotopic (exact) mass is 367 g/mol. The molecule has 0 bridgehead atoms. The van der Waals surface area contributed by atoms with Gasteiger partial charge in [0.1, 0.15) is 12.4 Å². The minimum atomic E-state index is -0.217. The van der Waals surface area contributed by atoms with Crippen molar-refractivity contribution in [1.29, 1.82) is 0 Å². The van der Waals surface area contributed by atoms with Gasteiger partial charge in [0, 0.05) is 24.5 Å². The number of rotatable bonds is 6. The Labute approximate surface area is 161 Å². The molecule has 0 aromatic heterocycles. The first-order valence-corrected chi connectivity index (χ1v) is 9.72. The van der Waals surface area contributed by atoms with Crippen LogP contribution in [0.2, 0.25) is 0 Å². The number of amides is 2. The van der Waals surface area contributed by atoms with E-state index in [4.69, 9.17) is 4.74 Å². The Morgan fingerprint density at radius 2 is 1.78 bits per heavy atom. The smallest absolute Gasteiger partial charge is 0.319 e. The number of carbonyl (C=O) groups is 1. The van der Waals surface area contributed by atoms with Crippen LogP contribution in [0.1, 0.15) is 30.4 Å². The normalized spacial score (nSPS) is 13.9. The van der Waals surface area contributed by atoms with Gasteiger partial charge in [-0.2, -0.15) is 0 Å². The highest BCUT2D eigenvalue weighted by molar-refractivity contribution is 5.89. The zero-order valence-corrected chi connectivity index (χ0v) is 16.3. The predicted molar refractivity (Wildman–Crippen MR) is 111 cm³/mol. The quantitative estimate of drug-likeness (QED) is 0.740. The first kappa shape index (κ1) is 19.1. The summed E-state index contributed by atoms with van der Waals surface area (Å²) in [5.74, 6) is 0.866. The number of carbonyl (C=O) groups excluding carboxylic acids is 1. The van der Waals surface area contributed by atoms with Gasteiger partial charge in [0.05, 0.1) is 6.54 Å². The topological polar surface area (TPSA) is 53.6 Å². The molecule has 1 saturated heterocycles. The maximum absolute atomic E-state index is 12.0. The summed E-state index contributed by atoms with van der Waals surface area (Å²) < 4.78 is 5.75. The number of hydrogen-bond donors (Lipinski definition) is 2. The summed E-state index contributed by atoms with van der Waals surface area (Å²) in [7, 11) is 0. The molecule has 2 aromatic carbocycles. The van der Waals surface area contributed by atoms with Crippen LogP contribution in [0.15, 0.2) is 42.5 Å². The largest absolute Gasteiger partial charge is 0.491 e. The lowest BCUT2D eigenvalue weighted by Crippen LogP contribution is -2.32. The number of hydrogen-bond acceptors (Lipinski definition) is 3. The fourth-order valence-electron chi connectivity index (χ4n) is 3.29. The number of nitrogens with one attached hydrogen (secondary N) is 2. The van der Waals surface area contributed by atoms with Crippen LogP contribution >= 0.6 is 0 Å². The van der Waals surface area contributed by atoms with Crippen LogP contribution in [0, 0.1) is 13.8 Å². The van der Waals surface area contributed by atoms with E-state index < -0.39 is 0 Å². The van der Waals surface area contributed by atoms with Gasteiger partial charge in [0.25, 0.3) is 0 Å². The van der Waals surface area contributed by atoms with Crippen molar-refractivity contribution >= 4 is 17.4 Å². The summed E-state index contributed by atoms with van der Waals surface area (Å²) in [6, 6.07) is 13.8. The van der Waals surface area contributed by atoms with E-state index in [2.05, 4.69) is 40.7 Å². The van der Waals surface area contributed by atoms with Crippen molar-refractivity contribution in [3.05, 3.63) is 53.6 Å². The summed E-state index contributed by atoms with van der Waals surface area (Å²) in [5.41, 5.74) is 4.35. The molecule has 1 aliphatic heterocycles. The number of benzene rings is 2. The lowest BCUT2D eigenvalue weighted by atomic mass is 10.1. The van der Waals surface area contributed by atoms with Crippen LogP contribution in [0.25, 0.3) is 0 Å². The van der Waals surface area contributed by atoms with Gasteiger partial charge >= 0.3 is 6.03 Å². The summed E-state index contributed by atoms with van der Waals surface area (Å²) >= 11 is 0. The molecule has 0 saturated carbocycles. The summed E-state index contributed by atoms with van der Waals surface area (Å²) in [6.45, 7) is 7.22. The van der Waals surface area contributed by atoms with Gasteiger partial charge in [0.2, 0.25) is 0 Å². The van der Waals surface area contributed by atoms with E-state index in [9.17, 15) is 4.79 Å². The Balaban J connectivity index is 1.40. The highest BCUT2D eigenvalue weighted by Gasteiger charge is 2.11. The van der Waals surface area contributed by atoms with Crippen molar-refractivity contribution in [2.24, 2.45) is 0 Å². The average molecular weight is 367 g/mol. The molecule has 2 amide bonds. The van der Waals surface area contributed by atoms with E-state index in [-0.39, 0.29) is 6.03 Å². The van der Waals surface area contributed by atoms with Crippen LogP contribution in [-0.4, -0.2) is 32.3 Å². The van der Waals surface area contributed by atoms with Gasteiger partial charge in [-0.05, 0) is 74.6 Å². The van der Waals surface area contributed by atoms with Crippen molar-refractivity contribution in [1.82, 2.24) is 5.32 Å². The maximum atomic E-state index is 12.0. The third kappa shape index (κ3) is 5.39. The first-order chi connectivity index (χ1) is 13.1. The van der Waals surface area contributed by atoms with E-state index >= 15 is 0 Å². The van der Waals surface area contributed by atoms with Crippen LogP contribution in [0.3, 0.4) is 0 Å². The zero-order chi connectivity index (χ0) is 19.1. The molecule has 1 fully saturated rings. The molecule has 0 unspecified atom stereocenters. The second-order valence-corrected chi connectivity index (χ2v) is 7.02. The molecule has 0 spiro atoms. The fraction of sp³-hybridized carbons (Fsp3) is 0.409. The van der Waals surface area contributed by atoms with Crippen molar-refractivity contribution in [2.75, 3.05) is 36.5 Å². The van der Waals surface area contributed by atoms with Crippen molar-refractivity contribution in [3.8, 4) is 5.75 Å². The fourth-order valence-corrected chi connectivity index (χ4v) is 3.29. The molecule has 27 heavy (non-hydrogen) atoms. The average Bonchev–Trinajstić information content (AvgIpc) is 2.69. The summed E-state index contributed by atoms with van der Waals surface area (Å²) in [6.07, 6.45) is 3.84. The van der Waals surface area contributed by atoms with Gasteiger partial charge in [0.15, 0.2) is 0 Å². The number of piperidine rings is 1. The number of nitrogens with zero attached hydrogens (tertiary/aromatic N) is 1. The van der Waals surface area contributed by atoms with E-state index in [0.717, 1.165) is 30.1 Å². The van der Waals surface area contributed by atoms with E-state index in [0.29, 0.717) is 13.2 Å². The molecule has 1 heterocycles. The van der Waals surface area contributed by atoms with Crippen LogP contribution < -0.4 is 20.3 Å². The molecule has 0 radical (unpaired) electrons. The van der Waals surface area contributed by atoms with Gasteiger partial charge in [-0.15, -0.1) is 0 Å². The lowest BCUT2D eigenvalue weighted by Gasteiger charge is -2.28. The second kappa shape index (κ2) is 9.31. The molecule has 0 atom stereocenters. The number of urea groups is 1. The van der Waals surface area contributed by atoms with Gasteiger partial charge in [-0.3, -0.25) is 0 Å². The molecule has 144 valence electrons. The Morgan fingerprint density at radius 3 is 2.52 bits per heavy atom. The van der Waals surface area contributed by atoms with Crippen molar-refractivity contribution < 1.29 is 9.53 Å². The van der Waals surface area contributed by atoms with E-state index in [1.807, 2.05) is 31.2 Å². The second-order valence-electron chi connectivity index (χ2n) is 7.02. The minimum Gasteiger partial charge on any atom is -0.491 e. The molecule has 5 nitrogen and oxygen atoms in total. The Hall–Kier alpha value is -2.69. The number of anilines is 2. The van der Waals surface area contributed by atoms with Crippen LogP contribution in [-0.2, 0) is 0 Å². The van der Waals surface area contributed by atoms with Gasteiger partial charge in [-0.25, -0.2) is 4.79 Å². The molecule has 3 rings (SSSR count). The third-order valence-corrected chi connectivity index (χ3v) is 5.05. The highest BCUT2D eigenvalue weighted by atomic mass is 16.5. The Kier molecular flexibility index (Phi) is 6.58. The van der Waals surface area contributed by atoms with Gasteiger partial charge < -0.3 is 20.3 Å².